The third kappa shape index (κ3) is 6.31. The number of nitrogens with one attached hydrogen (secondary N) is 1. The maximum Gasteiger partial charge on any atom is 0.243 e. The second kappa shape index (κ2) is 9.68. The van der Waals surface area contributed by atoms with Gasteiger partial charge in [0.2, 0.25) is 15.9 Å². The Balaban J connectivity index is 2.31. The van der Waals surface area contributed by atoms with Gasteiger partial charge in [0.05, 0.1) is 11.4 Å². The normalized spacial score (nSPS) is 12.8. The van der Waals surface area contributed by atoms with Gasteiger partial charge in [0.15, 0.2) is 0 Å². The van der Waals surface area contributed by atoms with Gasteiger partial charge in [-0.3, -0.25) is 4.79 Å². The Morgan fingerprint density at radius 3 is 2.30 bits per heavy atom. The number of halogens is 2. The number of benzene rings is 2. The monoisotopic (exact) mass is 472 g/mol. The maximum absolute atomic E-state index is 13.1. The molecule has 0 aromatic heterocycles. The summed E-state index contributed by atoms with van der Waals surface area (Å²) in [6, 6.07) is 13.2. The summed E-state index contributed by atoms with van der Waals surface area (Å²) in [5, 5.41) is 3.26. The first-order valence-electron chi connectivity index (χ1n) is 8.52. The molecule has 0 saturated carbocycles. The van der Waals surface area contributed by atoms with Crippen molar-refractivity contribution < 1.29 is 13.2 Å². The maximum atomic E-state index is 13.1. The van der Waals surface area contributed by atoms with Crippen molar-refractivity contribution in [3.63, 3.8) is 0 Å². The molecular formula is C19H22BrClN2O3S. The van der Waals surface area contributed by atoms with Gasteiger partial charge in [-0.05, 0) is 55.3 Å². The summed E-state index contributed by atoms with van der Waals surface area (Å²) in [7, 11) is -3.86. The van der Waals surface area contributed by atoms with E-state index in [2.05, 4.69) is 21.2 Å². The zero-order chi connectivity index (χ0) is 20.0. The third-order valence-corrected chi connectivity index (χ3v) is 6.65. The molecule has 0 saturated heterocycles. The van der Waals surface area contributed by atoms with Crippen LogP contribution in [-0.4, -0.2) is 31.2 Å². The lowest BCUT2D eigenvalue weighted by molar-refractivity contribution is -0.122. The zero-order valence-electron chi connectivity index (χ0n) is 15.2. The zero-order valence-corrected chi connectivity index (χ0v) is 18.3. The molecule has 0 bridgehead atoms. The molecule has 1 atom stereocenters. The van der Waals surface area contributed by atoms with E-state index in [1.165, 1.54) is 28.6 Å². The lowest BCUT2D eigenvalue weighted by Crippen LogP contribution is -2.43. The van der Waals surface area contributed by atoms with Gasteiger partial charge in [0, 0.05) is 22.1 Å². The predicted molar refractivity (Wildman–Crippen MR) is 111 cm³/mol. The molecule has 2 rings (SSSR count). The minimum absolute atomic E-state index is 0.0229. The van der Waals surface area contributed by atoms with Crippen LogP contribution in [0.3, 0.4) is 0 Å². The largest absolute Gasteiger partial charge is 0.353 e. The smallest absolute Gasteiger partial charge is 0.243 e. The summed E-state index contributed by atoms with van der Waals surface area (Å²) in [6.45, 7) is 3.66. The van der Waals surface area contributed by atoms with Crippen LogP contribution in [-0.2, 0) is 21.4 Å². The first kappa shape index (κ1) is 21.9. The molecule has 0 aliphatic rings. The highest BCUT2D eigenvalue weighted by atomic mass is 79.9. The van der Waals surface area contributed by atoms with Gasteiger partial charge < -0.3 is 5.32 Å². The first-order chi connectivity index (χ1) is 12.7. The molecule has 146 valence electrons. The van der Waals surface area contributed by atoms with Crippen molar-refractivity contribution >= 4 is 43.5 Å². The molecule has 0 heterocycles. The molecular weight excluding hydrogens is 452 g/mol. The molecule has 0 fully saturated rings. The van der Waals surface area contributed by atoms with Crippen LogP contribution in [0.2, 0.25) is 5.02 Å². The fraction of sp³-hybridized carbons (Fsp3) is 0.316. The van der Waals surface area contributed by atoms with E-state index in [0.29, 0.717) is 5.02 Å². The van der Waals surface area contributed by atoms with Gasteiger partial charge in [-0.15, -0.1) is 0 Å². The average molecular weight is 474 g/mol. The minimum Gasteiger partial charge on any atom is -0.353 e. The van der Waals surface area contributed by atoms with Gasteiger partial charge in [-0.2, -0.15) is 4.31 Å². The summed E-state index contributed by atoms with van der Waals surface area (Å²) in [5.41, 5.74) is 0.784. The Morgan fingerprint density at radius 1 is 1.15 bits per heavy atom. The Labute approximate surface area is 173 Å². The summed E-state index contributed by atoms with van der Waals surface area (Å²) in [5.74, 6) is -0.334. The molecule has 2 aromatic rings. The van der Waals surface area contributed by atoms with Gasteiger partial charge in [0.25, 0.3) is 0 Å². The molecule has 0 unspecified atom stereocenters. The van der Waals surface area contributed by atoms with Crippen molar-refractivity contribution in [2.75, 3.05) is 6.54 Å². The van der Waals surface area contributed by atoms with Crippen molar-refractivity contribution in [1.82, 2.24) is 9.62 Å². The minimum atomic E-state index is -3.86. The van der Waals surface area contributed by atoms with E-state index < -0.39 is 10.0 Å². The lowest BCUT2D eigenvalue weighted by Gasteiger charge is -2.23. The molecule has 8 heteroatoms. The van der Waals surface area contributed by atoms with Crippen LogP contribution >= 0.6 is 27.5 Å². The van der Waals surface area contributed by atoms with Crippen LogP contribution in [0.15, 0.2) is 57.9 Å². The topological polar surface area (TPSA) is 66.5 Å². The highest BCUT2D eigenvalue weighted by Gasteiger charge is 2.27. The van der Waals surface area contributed by atoms with Crippen LogP contribution in [0.4, 0.5) is 0 Å². The standard InChI is InChI=1S/C19H22BrClN2O3S/c1-3-14(2)22-19(24)13-23(12-15-4-6-16(20)7-5-15)27(25,26)18-10-8-17(21)9-11-18/h4-11,14H,3,12-13H2,1-2H3,(H,22,24)/t14-/m1/s1. The molecule has 1 N–H and O–H groups in total. The van der Waals surface area contributed by atoms with E-state index in [0.717, 1.165) is 16.5 Å². The number of rotatable bonds is 8. The highest BCUT2D eigenvalue weighted by Crippen LogP contribution is 2.21. The van der Waals surface area contributed by atoms with Gasteiger partial charge >= 0.3 is 0 Å². The van der Waals surface area contributed by atoms with Crippen molar-refractivity contribution in [3.8, 4) is 0 Å². The number of hydrogen-bond acceptors (Lipinski definition) is 3. The quantitative estimate of drug-likeness (QED) is 0.624. The van der Waals surface area contributed by atoms with Crippen molar-refractivity contribution in [3.05, 3.63) is 63.6 Å². The van der Waals surface area contributed by atoms with Crippen molar-refractivity contribution in [1.29, 1.82) is 0 Å². The Hall–Kier alpha value is -1.41. The summed E-state index contributed by atoms with van der Waals surface area (Å²) < 4.78 is 28.3. The lowest BCUT2D eigenvalue weighted by atomic mass is 10.2. The summed E-state index contributed by atoms with van der Waals surface area (Å²) in [4.78, 5) is 12.5. The van der Waals surface area contributed by atoms with E-state index in [-0.39, 0.29) is 29.9 Å². The average Bonchev–Trinajstić information content (AvgIpc) is 2.63. The number of amides is 1. The fourth-order valence-corrected chi connectivity index (χ4v) is 4.13. The molecule has 0 radical (unpaired) electrons. The second-order valence-electron chi connectivity index (χ2n) is 6.23. The molecule has 27 heavy (non-hydrogen) atoms. The Morgan fingerprint density at radius 2 is 1.74 bits per heavy atom. The molecule has 2 aromatic carbocycles. The van der Waals surface area contributed by atoms with Gasteiger partial charge in [0.1, 0.15) is 0 Å². The van der Waals surface area contributed by atoms with Crippen LogP contribution in [0, 0.1) is 0 Å². The number of carbonyl (C=O) groups is 1. The molecule has 0 spiro atoms. The fourth-order valence-electron chi connectivity index (χ4n) is 2.36. The van der Waals surface area contributed by atoms with E-state index in [1.54, 1.807) is 0 Å². The molecule has 5 nitrogen and oxygen atoms in total. The summed E-state index contributed by atoms with van der Waals surface area (Å²) in [6.07, 6.45) is 0.766. The van der Waals surface area contributed by atoms with Gasteiger partial charge in [-0.25, -0.2) is 8.42 Å². The van der Waals surface area contributed by atoms with E-state index in [4.69, 9.17) is 11.6 Å². The predicted octanol–water partition coefficient (Wildman–Crippen LogP) is 4.21. The van der Waals surface area contributed by atoms with Crippen LogP contribution in [0.1, 0.15) is 25.8 Å². The van der Waals surface area contributed by atoms with E-state index >= 15 is 0 Å². The Kier molecular flexibility index (Phi) is 7.85. The van der Waals surface area contributed by atoms with Crippen LogP contribution in [0.25, 0.3) is 0 Å². The first-order valence-corrected chi connectivity index (χ1v) is 11.1. The van der Waals surface area contributed by atoms with Crippen LogP contribution < -0.4 is 5.32 Å². The Bertz CT molecular complexity index is 871. The van der Waals surface area contributed by atoms with Crippen molar-refractivity contribution in [2.24, 2.45) is 0 Å². The number of hydrogen-bond donors (Lipinski definition) is 1. The van der Waals surface area contributed by atoms with Gasteiger partial charge in [-0.1, -0.05) is 46.6 Å². The number of carbonyl (C=O) groups excluding carboxylic acids is 1. The molecule has 1 amide bonds. The summed E-state index contributed by atoms with van der Waals surface area (Å²) >= 11 is 9.23. The van der Waals surface area contributed by atoms with E-state index in [1.807, 2.05) is 38.1 Å². The van der Waals surface area contributed by atoms with Crippen molar-refractivity contribution in [2.45, 2.75) is 37.8 Å². The number of sulfonamides is 1. The highest BCUT2D eigenvalue weighted by molar-refractivity contribution is 9.10. The SMILES string of the molecule is CC[C@@H](C)NC(=O)CN(Cc1ccc(Br)cc1)S(=O)(=O)c1ccc(Cl)cc1. The number of nitrogens with zero attached hydrogens (tertiary/aromatic N) is 1. The molecule has 0 aliphatic carbocycles. The second-order valence-corrected chi connectivity index (χ2v) is 9.52. The molecule has 0 aliphatic heterocycles. The van der Waals surface area contributed by atoms with E-state index in [9.17, 15) is 13.2 Å². The van der Waals surface area contributed by atoms with Crippen LogP contribution in [0.5, 0.6) is 0 Å². The third-order valence-electron chi connectivity index (χ3n) is 4.06.